The summed E-state index contributed by atoms with van der Waals surface area (Å²) in [5.41, 5.74) is 7.20. The van der Waals surface area contributed by atoms with Crippen LogP contribution in [0.25, 0.3) is 17.7 Å². The van der Waals surface area contributed by atoms with E-state index in [1.807, 2.05) is 26.0 Å². The van der Waals surface area contributed by atoms with E-state index < -0.39 is 5.91 Å². The molecule has 22 heavy (non-hydrogen) atoms. The van der Waals surface area contributed by atoms with Crippen molar-refractivity contribution in [3.05, 3.63) is 66.2 Å². The Morgan fingerprint density at radius 3 is 2.41 bits per heavy atom. The van der Waals surface area contributed by atoms with Crippen molar-refractivity contribution in [1.82, 2.24) is 0 Å². The van der Waals surface area contributed by atoms with E-state index in [4.69, 9.17) is 15.6 Å². The van der Waals surface area contributed by atoms with Gasteiger partial charge in [-0.3, -0.25) is 4.79 Å². The zero-order valence-corrected chi connectivity index (χ0v) is 12.8. The minimum atomic E-state index is -0.612. The number of furan rings is 1. The standard InChI is InChI=1S/C18H20N2O2/c1-5-9-15-13(8-4)17(14(19)10-11-16(20)21)18(22-15)12(6-2)7-3/h5-11,19H,2,4H2,1,3H3,(H2,20,21)/b9-5-,11-10-,12-7+,19-14?. The minimum absolute atomic E-state index is 0.115. The van der Waals surface area contributed by atoms with Crippen LogP contribution in [0.2, 0.25) is 0 Å². The topological polar surface area (TPSA) is 80.1 Å². The summed E-state index contributed by atoms with van der Waals surface area (Å²) in [4.78, 5) is 10.9. The van der Waals surface area contributed by atoms with Gasteiger partial charge in [0.2, 0.25) is 5.91 Å². The largest absolute Gasteiger partial charge is 0.455 e. The quantitative estimate of drug-likeness (QED) is 0.454. The minimum Gasteiger partial charge on any atom is -0.455 e. The molecule has 1 heterocycles. The van der Waals surface area contributed by atoms with Gasteiger partial charge in [-0.25, -0.2) is 0 Å². The molecule has 0 saturated heterocycles. The average Bonchev–Trinajstić information content (AvgIpc) is 2.85. The number of carbonyl (C=O) groups excluding carboxylic acids is 1. The number of rotatable bonds is 7. The van der Waals surface area contributed by atoms with E-state index in [0.29, 0.717) is 22.6 Å². The van der Waals surface area contributed by atoms with Gasteiger partial charge in [-0.05, 0) is 26.0 Å². The van der Waals surface area contributed by atoms with Crippen LogP contribution in [0.1, 0.15) is 36.5 Å². The van der Waals surface area contributed by atoms with Crippen LogP contribution >= 0.6 is 0 Å². The average molecular weight is 296 g/mol. The summed E-state index contributed by atoms with van der Waals surface area (Å²) in [5, 5.41) is 8.21. The third kappa shape index (κ3) is 3.61. The lowest BCUT2D eigenvalue weighted by molar-refractivity contribution is -0.113. The molecule has 0 bridgehead atoms. The molecular formula is C18H20N2O2. The predicted molar refractivity (Wildman–Crippen MR) is 92.5 cm³/mol. The van der Waals surface area contributed by atoms with Crippen LogP contribution in [0.3, 0.4) is 0 Å². The normalized spacial score (nSPS) is 12.0. The molecule has 4 nitrogen and oxygen atoms in total. The second-order valence-corrected chi connectivity index (χ2v) is 4.39. The van der Waals surface area contributed by atoms with Crippen LogP contribution in [0.15, 0.2) is 48.0 Å². The predicted octanol–water partition coefficient (Wildman–Crippen LogP) is 3.95. The van der Waals surface area contributed by atoms with Crippen molar-refractivity contribution >= 4 is 29.3 Å². The first-order valence-corrected chi connectivity index (χ1v) is 6.77. The first-order chi connectivity index (χ1) is 10.5. The maximum Gasteiger partial charge on any atom is 0.241 e. The van der Waals surface area contributed by atoms with Crippen molar-refractivity contribution in [2.45, 2.75) is 13.8 Å². The van der Waals surface area contributed by atoms with Gasteiger partial charge in [-0.2, -0.15) is 0 Å². The molecule has 0 unspecified atom stereocenters. The highest BCUT2D eigenvalue weighted by atomic mass is 16.3. The van der Waals surface area contributed by atoms with E-state index in [0.717, 1.165) is 11.6 Å². The van der Waals surface area contributed by atoms with Gasteiger partial charge in [0.15, 0.2) is 0 Å². The highest BCUT2D eigenvalue weighted by Crippen LogP contribution is 2.31. The summed E-state index contributed by atoms with van der Waals surface area (Å²) in [6.07, 6.45) is 11.2. The fourth-order valence-electron chi connectivity index (χ4n) is 2.00. The molecule has 0 saturated carbocycles. The van der Waals surface area contributed by atoms with Gasteiger partial charge >= 0.3 is 0 Å². The monoisotopic (exact) mass is 296 g/mol. The van der Waals surface area contributed by atoms with E-state index in [1.165, 1.54) is 6.08 Å². The van der Waals surface area contributed by atoms with Crippen molar-refractivity contribution in [1.29, 1.82) is 5.41 Å². The molecule has 1 aromatic heterocycles. The lowest BCUT2D eigenvalue weighted by Crippen LogP contribution is -2.07. The fourth-order valence-corrected chi connectivity index (χ4v) is 2.00. The molecule has 0 aromatic carbocycles. The molecule has 1 aromatic rings. The van der Waals surface area contributed by atoms with Crippen molar-refractivity contribution in [2.75, 3.05) is 0 Å². The Hall–Kier alpha value is -2.88. The number of hydrogen-bond acceptors (Lipinski definition) is 3. The molecule has 0 aliphatic heterocycles. The van der Waals surface area contributed by atoms with Crippen molar-refractivity contribution < 1.29 is 9.21 Å². The molecule has 0 fully saturated rings. The summed E-state index contributed by atoms with van der Waals surface area (Å²) >= 11 is 0. The molecule has 0 atom stereocenters. The number of primary amides is 1. The van der Waals surface area contributed by atoms with Crippen LogP contribution in [-0.4, -0.2) is 11.6 Å². The summed E-state index contributed by atoms with van der Waals surface area (Å²) < 4.78 is 5.86. The Balaban J connectivity index is 3.63. The number of allylic oxidation sites excluding steroid dienone is 5. The van der Waals surface area contributed by atoms with E-state index >= 15 is 0 Å². The smallest absolute Gasteiger partial charge is 0.241 e. The van der Waals surface area contributed by atoms with Gasteiger partial charge in [0.1, 0.15) is 11.5 Å². The molecule has 0 radical (unpaired) electrons. The number of carbonyl (C=O) groups is 1. The van der Waals surface area contributed by atoms with Crippen LogP contribution in [0, 0.1) is 5.41 Å². The molecule has 114 valence electrons. The molecule has 1 rings (SSSR count). The van der Waals surface area contributed by atoms with Crippen molar-refractivity contribution in [2.24, 2.45) is 5.73 Å². The number of nitrogens with one attached hydrogen (secondary N) is 1. The van der Waals surface area contributed by atoms with Crippen molar-refractivity contribution in [3.63, 3.8) is 0 Å². The Bertz CT molecular complexity index is 701. The second kappa shape index (κ2) is 7.78. The summed E-state index contributed by atoms with van der Waals surface area (Å²) in [7, 11) is 0. The third-order valence-electron chi connectivity index (χ3n) is 2.97. The van der Waals surface area contributed by atoms with Gasteiger partial charge in [-0.15, -0.1) is 0 Å². The Labute approximate surface area is 130 Å². The number of amides is 1. The molecule has 1 amide bonds. The van der Waals surface area contributed by atoms with E-state index in [2.05, 4.69) is 13.2 Å². The van der Waals surface area contributed by atoms with Gasteiger partial charge < -0.3 is 15.6 Å². The van der Waals surface area contributed by atoms with E-state index in [1.54, 1.807) is 18.2 Å². The van der Waals surface area contributed by atoms with Crippen LogP contribution in [-0.2, 0) is 4.79 Å². The lowest BCUT2D eigenvalue weighted by Gasteiger charge is -2.03. The Kier molecular flexibility index (Phi) is 6.08. The molecule has 0 aliphatic carbocycles. The molecule has 4 heteroatoms. The fraction of sp³-hybridized carbons (Fsp3) is 0.111. The van der Waals surface area contributed by atoms with E-state index in [-0.39, 0.29) is 5.71 Å². The molecule has 3 N–H and O–H groups in total. The first kappa shape index (κ1) is 17.2. The highest BCUT2D eigenvalue weighted by Gasteiger charge is 2.20. The maximum absolute atomic E-state index is 10.9. The molecule has 0 aliphatic rings. The first-order valence-electron chi connectivity index (χ1n) is 6.77. The van der Waals surface area contributed by atoms with Gasteiger partial charge in [0.25, 0.3) is 0 Å². The van der Waals surface area contributed by atoms with Crippen LogP contribution < -0.4 is 5.73 Å². The second-order valence-electron chi connectivity index (χ2n) is 4.39. The summed E-state index contributed by atoms with van der Waals surface area (Å²) in [6.45, 7) is 11.3. The molecule has 0 spiro atoms. The van der Waals surface area contributed by atoms with Gasteiger partial charge in [0.05, 0.1) is 11.3 Å². The Morgan fingerprint density at radius 2 is 1.95 bits per heavy atom. The van der Waals surface area contributed by atoms with Gasteiger partial charge in [-0.1, -0.05) is 37.5 Å². The lowest BCUT2D eigenvalue weighted by atomic mass is 9.99. The zero-order valence-electron chi connectivity index (χ0n) is 12.8. The number of nitrogens with two attached hydrogens (primary N) is 1. The van der Waals surface area contributed by atoms with Gasteiger partial charge in [0, 0.05) is 17.2 Å². The van der Waals surface area contributed by atoms with E-state index in [9.17, 15) is 4.79 Å². The van der Waals surface area contributed by atoms with Crippen LogP contribution in [0.5, 0.6) is 0 Å². The number of hydrogen-bond donors (Lipinski definition) is 2. The highest BCUT2D eigenvalue weighted by molar-refractivity contribution is 6.14. The Morgan fingerprint density at radius 1 is 1.27 bits per heavy atom. The SMILES string of the molecule is C=C/C(=C\C)c1oc(/C=C\C)c(C=C)c1C(=N)/C=C\C(N)=O. The molecular weight excluding hydrogens is 276 g/mol. The van der Waals surface area contributed by atoms with Crippen LogP contribution in [0.4, 0.5) is 0 Å². The van der Waals surface area contributed by atoms with Crippen molar-refractivity contribution in [3.8, 4) is 0 Å². The summed E-state index contributed by atoms with van der Waals surface area (Å²) in [6, 6.07) is 0. The third-order valence-corrected chi connectivity index (χ3v) is 2.97. The summed E-state index contributed by atoms with van der Waals surface area (Å²) in [5.74, 6) is 0.499. The zero-order chi connectivity index (χ0) is 16.7. The maximum atomic E-state index is 10.9.